The van der Waals surface area contributed by atoms with Crippen LogP contribution in [-0.4, -0.2) is 24.8 Å². The lowest BCUT2D eigenvalue weighted by molar-refractivity contribution is -0.144. The Hall–Kier alpha value is -2.70. The number of hydrogen-bond donors (Lipinski definition) is 2. The van der Waals surface area contributed by atoms with Gasteiger partial charge in [-0.3, -0.25) is 0 Å². The van der Waals surface area contributed by atoms with E-state index in [0.29, 0.717) is 12.3 Å². The molecule has 0 amide bonds. The average molecular weight is 363 g/mol. The summed E-state index contributed by atoms with van der Waals surface area (Å²) in [4.78, 5) is 4.16. The number of nitrogens with two attached hydrogens (primary N) is 1. The summed E-state index contributed by atoms with van der Waals surface area (Å²) >= 11 is 0. The number of rotatable bonds is 6. The zero-order valence-electron chi connectivity index (χ0n) is 14.0. The zero-order chi connectivity index (χ0) is 18.6. The van der Waals surface area contributed by atoms with Crippen molar-refractivity contribution in [1.29, 1.82) is 0 Å². The molecule has 4 nitrogen and oxygen atoms in total. The van der Waals surface area contributed by atoms with Gasteiger partial charge in [-0.15, -0.1) is 0 Å². The number of hydrogen-bond acceptors (Lipinski definition) is 4. The summed E-state index contributed by atoms with van der Waals surface area (Å²) in [7, 11) is 0. The number of anilines is 1. The van der Waals surface area contributed by atoms with Crippen LogP contribution < -0.4 is 11.1 Å². The third kappa shape index (κ3) is 4.68. The fourth-order valence-electron chi connectivity index (χ4n) is 2.85. The molecule has 0 fully saturated rings. The molecule has 3 N–H and O–H groups in total. The molecule has 138 valence electrons. The molecule has 7 heteroatoms. The molecule has 1 heterocycles. The van der Waals surface area contributed by atoms with Gasteiger partial charge in [0, 0.05) is 5.69 Å². The van der Waals surface area contributed by atoms with Gasteiger partial charge >= 0.3 is 6.18 Å². The van der Waals surface area contributed by atoms with Crippen LogP contribution in [0.15, 0.2) is 59.6 Å². The van der Waals surface area contributed by atoms with E-state index in [-0.39, 0.29) is 17.6 Å². The lowest BCUT2D eigenvalue weighted by Crippen LogP contribution is -2.27. The monoisotopic (exact) mass is 363 g/mol. The van der Waals surface area contributed by atoms with Gasteiger partial charge in [-0.1, -0.05) is 42.5 Å². The molecule has 2 unspecified atom stereocenters. The van der Waals surface area contributed by atoms with E-state index in [4.69, 9.17) is 10.5 Å². The highest BCUT2D eigenvalue weighted by Gasteiger charge is 2.40. The molecule has 3 rings (SSSR count). The summed E-state index contributed by atoms with van der Waals surface area (Å²) in [5.41, 5.74) is 7.10. The first kappa shape index (κ1) is 18.1. The van der Waals surface area contributed by atoms with Gasteiger partial charge in [0.1, 0.15) is 12.6 Å². The largest absolute Gasteiger partial charge is 0.463 e. The molecule has 2 aromatic carbocycles. The van der Waals surface area contributed by atoms with E-state index >= 15 is 0 Å². The van der Waals surface area contributed by atoms with Crippen molar-refractivity contribution in [1.82, 2.24) is 0 Å². The van der Waals surface area contributed by atoms with Crippen molar-refractivity contribution in [3.05, 3.63) is 65.7 Å². The highest BCUT2D eigenvalue weighted by Crippen LogP contribution is 2.35. The molecular formula is C19H20F3N3O. The lowest BCUT2D eigenvalue weighted by atomic mass is 10.0. The molecule has 1 aliphatic rings. The van der Waals surface area contributed by atoms with Gasteiger partial charge in [-0.2, -0.15) is 13.2 Å². The number of halogens is 3. The van der Waals surface area contributed by atoms with Crippen LogP contribution in [0.5, 0.6) is 0 Å². The molecule has 0 spiro atoms. The Morgan fingerprint density at radius 2 is 1.81 bits per heavy atom. The maximum atomic E-state index is 13.4. The Labute approximate surface area is 149 Å². The van der Waals surface area contributed by atoms with E-state index in [1.807, 2.05) is 12.1 Å². The predicted molar refractivity (Wildman–Crippen MR) is 95.0 cm³/mol. The van der Waals surface area contributed by atoms with Crippen LogP contribution in [0.3, 0.4) is 0 Å². The topological polar surface area (TPSA) is 59.6 Å². The molecule has 2 aromatic rings. The first-order chi connectivity index (χ1) is 12.4. The summed E-state index contributed by atoms with van der Waals surface area (Å²) in [6.07, 6.45) is -2.85. The number of ether oxygens (including phenoxy) is 1. The summed E-state index contributed by atoms with van der Waals surface area (Å²) in [6, 6.07) is 13.3. The van der Waals surface area contributed by atoms with Crippen LogP contribution in [0.25, 0.3) is 0 Å². The molecule has 0 aliphatic carbocycles. The number of aliphatic imine (C=N–C) groups is 1. The smallest absolute Gasteiger partial charge is 0.412 e. The van der Waals surface area contributed by atoms with E-state index in [2.05, 4.69) is 10.3 Å². The molecule has 0 radical (unpaired) electrons. The first-order valence-corrected chi connectivity index (χ1v) is 8.35. The molecule has 1 aliphatic heterocycles. The number of amidine groups is 1. The van der Waals surface area contributed by atoms with Crippen molar-refractivity contribution in [3.63, 3.8) is 0 Å². The third-order valence-corrected chi connectivity index (χ3v) is 4.22. The van der Waals surface area contributed by atoms with Gasteiger partial charge in [0.05, 0.1) is 6.04 Å². The minimum atomic E-state index is -4.39. The molecular weight excluding hydrogens is 343 g/mol. The second kappa shape index (κ2) is 7.68. The second-order valence-corrected chi connectivity index (χ2v) is 6.20. The molecule has 0 saturated heterocycles. The fourth-order valence-corrected chi connectivity index (χ4v) is 2.85. The highest BCUT2D eigenvalue weighted by atomic mass is 19.4. The van der Waals surface area contributed by atoms with E-state index in [1.165, 1.54) is 12.1 Å². The minimum Gasteiger partial charge on any atom is -0.463 e. The predicted octanol–water partition coefficient (Wildman–Crippen LogP) is 4.05. The normalized spacial score (nSPS) is 18.1. The van der Waals surface area contributed by atoms with E-state index < -0.39 is 12.2 Å². The van der Waals surface area contributed by atoms with Gasteiger partial charge in [-0.25, -0.2) is 4.99 Å². The van der Waals surface area contributed by atoms with Crippen molar-refractivity contribution in [2.24, 2.45) is 10.7 Å². The summed E-state index contributed by atoms with van der Waals surface area (Å²) in [5.74, 6) is 0. The van der Waals surface area contributed by atoms with Crippen molar-refractivity contribution >= 4 is 11.7 Å². The molecule has 2 atom stereocenters. The number of nitrogens with zero attached hydrogens (tertiary/aromatic N) is 1. The van der Waals surface area contributed by atoms with E-state index in [9.17, 15) is 13.2 Å². The van der Waals surface area contributed by atoms with Gasteiger partial charge in [0.15, 0.2) is 0 Å². The van der Waals surface area contributed by atoms with Crippen LogP contribution in [0.1, 0.15) is 23.6 Å². The van der Waals surface area contributed by atoms with Gasteiger partial charge in [0.25, 0.3) is 6.02 Å². The molecule has 26 heavy (non-hydrogen) atoms. The SMILES string of the molecule is NC1=NC(CCc2ccc(NC(c3ccccc3)C(F)(F)F)cc2)CO1. The average Bonchev–Trinajstić information content (AvgIpc) is 3.04. The summed E-state index contributed by atoms with van der Waals surface area (Å²) in [6.45, 7) is 0.482. The highest BCUT2D eigenvalue weighted by molar-refractivity contribution is 5.73. The van der Waals surface area contributed by atoms with Crippen molar-refractivity contribution in [2.45, 2.75) is 31.1 Å². The molecule has 0 bridgehead atoms. The number of aryl methyl sites for hydroxylation is 1. The maximum Gasteiger partial charge on any atom is 0.412 e. The Bertz CT molecular complexity index is 745. The molecule has 0 aromatic heterocycles. The zero-order valence-corrected chi connectivity index (χ0v) is 14.0. The maximum absolute atomic E-state index is 13.4. The number of benzene rings is 2. The minimum absolute atomic E-state index is 0.0421. The first-order valence-electron chi connectivity index (χ1n) is 8.35. The Balaban J connectivity index is 1.63. The van der Waals surface area contributed by atoms with Crippen molar-refractivity contribution in [2.75, 3.05) is 11.9 Å². The van der Waals surface area contributed by atoms with Crippen LogP contribution in [0, 0.1) is 0 Å². The van der Waals surface area contributed by atoms with Crippen LogP contribution in [0.4, 0.5) is 18.9 Å². The lowest BCUT2D eigenvalue weighted by Gasteiger charge is -2.23. The van der Waals surface area contributed by atoms with Gasteiger partial charge in [-0.05, 0) is 36.1 Å². The number of nitrogens with one attached hydrogen (secondary N) is 1. The van der Waals surface area contributed by atoms with E-state index in [0.717, 1.165) is 18.4 Å². The van der Waals surface area contributed by atoms with Gasteiger partial charge < -0.3 is 15.8 Å². The summed E-state index contributed by atoms with van der Waals surface area (Å²) < 4.78 is 45.3. The summed E-state index contributed by atoms with van der Waals surface area (Å²) in [5, 5.41) is 2.58. The van der Waals surface area contributed by atoms with E-state index in [1.54, 1.807) is 30.3 Å². The standard InChI is InChI=1S/C19H20F3N3O/c20-19(21,22)17(14-4-2-1-3-5-14)24-15-9-6-13(7-10-15)8-11-16-12-26-18(23)25-16/h1-7,9-10,16-17,24H,8,11-12H2,(H2,23,25). The Morgan fingerprint density at radius 3 is 2.38 bits per heavy atom. The van der Waals surface area contributed by atoms with Crippen LogP contribution in [0.2, 0.25) is 0 Å². The quantitative estimate of drug-likeness (QED) is 0.814. The second-order valence-electron chi connectivity index (χ2n) is 6.20. The van der Waals surface area contributed by atoms with Crippen molar-refractivity contribution in [3.8, 4) is 0 Å². The number of alkyl halides is 3. The van der Waals surface area contributed by atoms with Crippen molar-refractivity contribution < 1.29 is 17.9 Å². The molecule has 0 saturated carbocycles. The fraction of sp³-hybridized carbons (Fsp3) is 0.316. The Morgan fingerprint density at radius 1 is 1.12 bits per heavy atom. The van der Waals surface area contributed by atoms with Gasteiger partial charge in [0.2, 0.25) is 0 Å². The van der Waals surface area contributed by atoms with Crippen LogP contribution in [-0.2, 0) is 11.2 Å². The Kier molecular flexibility index (Phi) is 5.35. The third-order valence-electron chi connectivity index (χ3n) is 4.22. The van der Waals surface area contributed by atoms with Crippen LogP contribution >= 0.6 is 0 Å².